The van der Waals surface area contributed by atoms with E-state index in [1.54, 1.807) is 6.20 Å². The zero-order valence-electron chi connectivity index (χ0n) is 5.96. The van der Waals surface area contributed by atoms with Gasteiger partial charge < -0.3 is 10.4 Å². The number of anilines is 1. The third kappa shape index (κ3) is 0.953. The topological polar surface area (TPSA) is 95.4 Å². The van der Waals surface area contributed by atoms with Gasteiger partial charge in [0.25, 0.3) is 0 Å². The molecule has 6 nitrogen and oxygen atoms in total. The van der Waals surface area contributed by atoms with E-state index in [2.05, 4.69) is 25.6 Å². The third-order valence-corrected chi connectivity index (χ3v) is 1.67. The molecule has 0 aliphatic rings. The van der Waals surface area contributed by atoms with E-state index in [9.17, 15) is 0 Å². The van der Waals surface area contributed by atoms with Crippen molar-refractivity contribution in [3.63, 3.8) is 0 Å². The summed E-state index contributed by atoms with van der Waals surface area (Å²) in [5.41, 5.74) is 3.15. The van der Waals surface area contributed by atoms with Crippen LogP contribution < -0.4 is 11.3 Å². The molecule has 0 radical (unpaired) electrons. The lowest BCUT2D eigenvalue weighted by atomic mass is 10.4. The SMILES string of the molecule is NNc1nc(=S)[nH]c2[nH]ncc12. The van der Waals surface area contributed by atoms with Crippen LogP contribution in [0.2, 0.25) is 0 Å². The normalized spacial score (nSPS) is 10.4. The molecule has 62 valence electrons. The lowest BCUT2D eigenvalue weighted by Gasteiger charge is -1.98. The largest absolute Gasteiger partial charge is 0.315 e. The van der Waals surface area contributed by atoms with E-state index in [-0.39, 0.29) is 0 Å². The Balaban J connectivity index is 2.89. The molecular formula is C5H6N6S. The maximum absolute atomic E-state index is 5.23. The molecule has 12 heavy (non-hydrogen) atoms. The van der Waals surface area contributed by atoms with Crippen molar-refractivity contribution in [1.82, 2.24) is 20.2 Å². The van der Waals surface area contributed by atoms with Gasteiger partial charge in [0, 0.05) is 0 Å². The van der Waals surface area contributed by atoms with Gasteiger partial charge in [0.2, 0.25) is 0 Å². The van der Waals surface area contributed by atoms with Gasteiger partial charge >= 0.3 is 0 Å². The molecule has 0 aliphatic carbocycles. The summed E-state index contributed by atoms with van der Waals surface area (Å²) in [6.45, 7) is 0. The lowest BCUT2D eigenvalue weighted by Crippen LogP contribution is -2.09. The highest BCUT2D eigenvalue weighted by Gasteiger charge is 2.02. The molecule has 0 saturated carbocycles. The average molecular weight is 182 g/mol. The molecule has 0 unspecified atom stereocenters. The number of nitrogens with zero attached hydrogens (tertiary/aromatic N) is 2. The van der Waals surface area contributed by atoms with Crippen molar-refractivity contribution in [2.45, 2.75) is 0 Å². The Morgan fingerprint density at radius 2 is 2.42 bits per heavy atom. The Bertz CT molecular complexity index is 456. The Labute approximate surface area is 72.2 Å². The molecule has 0 spiro atoms. The van der Waals surface area contributed by atoms with Gasteiger partial charge in [0.15, 0.2) is 10.6 Å². The second-order valence-electron chi connectivity index (χ2n) is 2.19. The molecule has 7 heteroatoms. The highest BCUT2D eigenvalue weighted by atomic mass is 32.1. The van der Waals surface area contributed by atoms with E-state index in [4.69, 9.17) is 18.1 Å². The average Bonchev–Trinajstić information content (AvgIpc) is 2.50. The second-order valence-corrected chi connectivity index (χ2v) is 2.58. The minimum Gasteiger partial charge on any atom is -0.315 e. The van der Waals surface area contributed by atoms with Crippen LogP contribution in [0, 0.1) is 4.77 Å². The van der Waals surface area contributed by atoms with Gasteiger partial charge in [-0.3, -0.25) is 5.10 Å². The summed E-state index contributed by atoms with van der Waals surface area (Å²) < 4.78 is 0.361. The van der Waals surface area contributed by atoms with Gasteiger partial charge in [-0.15, -0.1) is 0 Å². The minimum atomic E-state index is 0.361. The molecule has 2 aromatic heterocycles. The van der Waals surface area contributed by atoms with Crippen LogP contribution in [0.25, 0.3) is 11.0 Å². The number of nitrogens with two attached hydrogens (primary N) is 1. The van der Waals surface area contributed by atoms with Crippen LogP contribution in [0.4, 0.5) is 5.82 Å². The van der Waals surface area contributed by atoms with E-state index in [0.29, 0.717) is 16.2 Å². The summed E-state index contributed by atoms with van der Waals surface area (Å²) in [4.78, 5) is 6.79. The zero-order chi connectivity index (χ0) is 8.55. The summed E-state index contributed by atoms with van der Waals surface area (Å²) in [5.74, 6) is 5.75. The Morgan fingerprint density at radius 3 is 3.17 bits per heavy atom. The van der Waals surface area contributed by atoms with Crippen LogP contribution >= 0.6 is 12.2 Å². The fraction of sp³-hybridized carbons (Fsp3) is 0. The minimum absolute atomic E-state index is 0.361. The highest BCUT2D eigenvalue weighted by Crippen LogP contribution is 2.14. The van der Waals surface area contributed by atoms with Crippen molar-refractivity contribution in [2.75, 3.05) is 5.43 Å². The van der Waals surface area contributed by atoms with Gasteiger partial charge in [-0.05, 0) is 12.2 Å². The van der Waals surface area contributed by atoms with E-state index in [0.717, 1.165) is 5.39 Å². The Kier molecular flexibility index (Phi) is 1.52. The summed E-state index contributed by atoms with van der Waals surface area (Å²) in [7, 11) is 0. The van der Waals surface area contributed by atoms with Crippen LogP contribution in [0.1, 0.15) is 0 Å². The number of H-pyrrole nitrogens is 2. The Morgan fingerprint density at radius 1 is 1.58 bits per heavy atom. The van der Waals surface area contributed by atoms with E-state index < -0.39 is 0 Å². The number of hydrogen-bond acceptors (Lipinski definition) is 5. The summed E-state index contributed by atoms with van der Waals surface area (Å²) >= 11 is 4.85. The Hall–Kier alpha value is -1.47. The lowest BCUT2D eigenvalue weighted by molar-refractivity contribution is 1.08. The molecular weight excluding hydrogens is 176 g/mol. The molecule has 0 bridgehead atoms. The fourth-order valence-electron chi connectivity index (χ4n) is 0.968. The number of fused-ring (bicyclic) bond motifs is 1. The molecule has 2 rings (SSSR count). The molecule has 0 aromatic carbocycles. The van der Waals surface area contributed by atoms with Gasteiger partial charge in [-0.2, -0.15) is 5.10 Å². The van der Waals surface area contributed by atoms with Crippen LogP contribution in [-0.4, -0.2) is 20.2 Å². The summed E-state index contributed by atoms with van der Waals surface area (Å²) in [6, 6.07) is 0. The molecule has 0 fully saturated rings. The molecule has 0 atom stereocenters. The predicted molar refractivity (Wildman–Crippen MR) is 46.9 cm³/mol. The van der Waals surface area contributed by atoms with Crippen molar-refractivity contribution in [2.24, 2.45) is 5.84 Å². The fourth-order valence-corrected chi connectivity index (χ4v) is 1.16. The number of nitrogens with one attached hydrogen (secondary N) is 3. The van der Waals surface area contributed by atoms with E-state index >= 15 is 0 Å². The van der Waals surface area contributed by atoms with Crippen LogP contribution in [0.15, 0.2) is 6.20 Å². The van der Waals surface area contributed by atoms with Crippen molar-refractivity contribution in [3.8, 4) is 0 Å². The van der Waals surface area contributed by atoms with Crippen molar-refractivity contribution >= 4 is 29.1 Å². The van der Waals surface area contributed by atoms with E-state index in [1.807, 2.05) is 0 Å². The molecule has 0 aliphatic heterocycles. The number of aromatic amines is 2. The molecule has 2 heterocycles. The van der Waals surface area contributed by atoms with Crippen LogP contribution in [0.5, 0.6) is 0 Å². The molecule has 5 N–H and O–H groups in total. The van der Waals surface area contributed by atoms with Crippen molar-refractivity contribution in [3.05, 3.63) is 11.0 Å². The maximum atomic E-state index is 5.23. The first kappa shape index (κ1) is 7.19. The maximum Gasteiger partial charge on any atom is 0.200 e. The predicted octanol–water partition coefficient (Wildman–Crippen LogP) is 0.301. The molecule has 2 aromatic rings. The third-order valence-electron chi connectivity index (χ3n) is 1.48. The van der Waals surface area contributed by atoms with Gasteiger partial charge in [-0.25, -0.2) is 10.8 Å². The first-order chi connectivity index (χ1) is 5.81. The quantitative estimate of drug-likeness (QED) is 0.289. The van der Waals surface area contributed by atoms with Crippen molar-refractivity contribution in [1.29, 1.82) is 0 Å². The number of nitrogen functional groups attached to an aromatic ring is 1. The molecule has 0 amide bonds. The van der Waals surface area contributed by atoms with Crippen LogP contribution in [-0.2, 0) is 0 Å². The summed E-state index contributed by atoms with van der Waals surface area (Å²) in [5, 5.41) is 7.32. The summed E-state index contributed by atoms with van der Waals surface area (Å²) in [6.07, 6.45) is 1.61. The van der Waals surface area contributed by atoms with Gasteiger partial charge in [0.05, 0.1) is 11.6 Å². The smallest absolute Gasteiger partial charge is 0.200 e. The van der Waals surface area contributed by atoms with Gasteiger partial charge in [-0.1, -0.05) is 0 Å². The molecule has 0 saturated heterocycles. The number of hydrazine groups is 1. The van der Waals surface area contributed by atoms with Gasteiger partial charge in [0.1, 0.15) is 5.65 Å². The number of hydrogen-bond donors (Lipinski definition) is 4. The standard InChI is InChI=1S/C5H6N6S/c6-10-3-2-1-7-11-4(2)9-5(12)8-3/h1H,6H2,(H3,7,8,9,10,11,12). The monoisotopic (exact) mass is 182 g/mol. The number of rotatable bonds is 1. The first-order valence-electron chi connectivity index (χ1n) is 3.21. The zero-order valence-corrected chi connectivity index (χ0v) is 6.77. The van der Waals surface area contributed by atoms with E-state index in [1.165, 1.54) is 0 Å². The first-order valence-corrected chi connectivity index (χ1v) is 3.62. The van der Waals surface area contributed by atoms with Crippen molar-refractivity contribution < 1.29 is 0 Å². The number of aromatic nitrogens is 4. The highest BCUT2D eigenvalue weighted by molar-refractivity contribution is 7.71. The second kappa shape index (κ2) is 2.54. The van der Waals surface area contributed by atoms with Crippen LogP contribution in [0.3, 0.4) is 0 Å².